The molecule has 0 saturated carbocycles. The van der Waals surface area contributed by atoms with Gasteiger partial charge in [-0.05, 0) is 41.5 Å². The Morgan fingerprint density at radius 3 is 2.88 bits per heavy atom. The first kappa shape index (κ1) is 15.4. The molecular formula is C16H18N8O. The Hall–Kier alpha value is -3.10. The van der Waals surface area contributed by atoms with Gasteiger partial charge in [0.25, 0.3) is 0 Å². The number of nitrogens with one attached hydrogen (secondary N) is 1. The van der Waals surface area contributed by atoms with Crippen LogP contribution in [0.2, 0.25) is 0 Å². The number of hydrogen-bond acceptors (Lipinski definition) is 6. The van der Waals surface area contributed by atoms with Gasteiger partial charge in [0, 0.05) is 19.0 Å². The van der Waals surface area contributed by atoms with E-state index in [1.54, 1.807) is 4.68 Å². The summed E-state index contributed by atoms with van der Waals surface area (Å²) < 4.78 is 3.65. The summed E-state index contributed by atoms with van der Waals surface area (Å²) in [5.41, 5.74) is 1.81. The van der Waals surface area contributed by atoms with Gasteiger partial charge < -0.3 is 9.88 Å². The fourth-order valence-electron chi connectivity index (χ4n) is 3.09. The SMILES string of the molecule is Cc1nnc2n1CC(NC(=O)Cc1ccc(-n3cnnn3)cc1)CC2. The first-order chi connectivity index (χ1) is 12.2. The first-order valence-corrected chi connectivity index (χ1v) is 8.19. The summed E-state index contributed by atoms with van der Waals surface area (Å²) in [6.45, 7) is 2.67. The van der Waals surface area contributed by atoms with Crippen LogP contribution in [0.1, 0.15) is 23.6 Å². The largest absolute Gasteiger partial charge is 0.351 e. The molecule has 0 radical (unpaired) electrons. The molecule has 4 rings (SSSR count). The third-order valence-corrected chi connectivity index (χ3v) is 4.41. The van der Waals surface area contributed by atoms with Crippen molar-refractivity contribution in [2.45, 2.75) is 38.8 Å². The van der Waals surface area contributed by atoms with E-state index in [1.807, 2.05) is 31.2 Å². The van der Waals surface area contributed by atoms with Crippen molar-refractivity contribution in [2.75, 3.05) is 0 Å². The molecule has 1 aliphatic rings. The molecular weight excluding hydrogens is 320 g/mol. The number of benzene rings is 1. The minimum absolute atomic E-state index is 0.0225. The summed E-state index contributed by atoms with van der Waals surface area (Å²) >= 11 is 0. The van der Waals surface area contributed by atoms with E-state index in [4.69, 9.17) is 0 Å². The Balaban J connectivity index is 1.36. The van der Waals surface area contributed by atoms with E-state index in [2.05, 4.69) is 35.6 Å². The van der Waals surface area contributed by atoms with E-state index in [0.29, 0.717) is 6.42 Å². The zero-order chi connectivity index (χ0) is 17.2. The van der Waals surface area contributed by atoms with Crippen molar-refractivity contribution in [1.82, 2.24) is 40.3 Å². The number of nitrogens with zero attached hydrogens (tertiary/aromatic N) is 7. The molecule has 0 aliphatic carbocycles. The number of aromatic nitrogens is 7. The number of hydrogen-bond donors (Lipinski definition) is 1. The average molecular weight is 338 g/mol. The number of carbonyl (C=O) groups excluding carboxylic acids is 1. The molecule has 9 nitrogen and oxygen atoms in total. The highest BCUT2D eigenvalue weighted by atomic mass is 16.1. The summed E-state index contributed by atoms with van der Waals surface area (Å²) in [6.07, 6.45) is 3.61. The van der Waals surface area contributed by atoms with Gasteiger partial charge in [-0.25, -0.2) is 4.68 Å². The zero-order valence-electron chi connectivity index (χ0n) is 13.8. The third-order valence-electron chi connectivity index (χ3n) is 4.41. The van der Waals surface area contributed by atoms with Crippen LogP contribution < -0.4 is 5.32 Å². The second-order valence-electron chi connectivity index (χ2n) is 6.17. The van der Waals surface area contributed by atoms with Crippen LogP contribution >= 0.6 is 0 Å². The Labute approximate surface area is 144 Å². The number of amides is 1. The molecule has 1 N–H and O–H groups in total. The fourth-order valence-corrected chi connectivity index (χ4v) is 3.09. The Bertz CT molecular complexity index is 868. The van der Waals surface area contributed by atoms with Gasteiger partial charge in [0.2, 0.25) is 5.91 Å². The summed E-state index contributed by atoms with van der Waals surface area (Å²) in [6, 6.07) is 7.74. The maximum atomic E-state index is 12.3. The first-order valence-electron chi connectivity index (χ1n) is 8.19. The molecule has 3 heterocycles. The number of carbonyl (C=O) groups is 1. The molecule has 0 spiro atoms. The van der Waals surface area contributed by atoms with Crippen LogP contribution in [0.25, 0.3) is 5.69 Å². The van der Waals surface area contributed by atoms with Gasteiger partial charge in [0.1, 0.15) is 18.0 Å². The van der Waals surface area contributed by atoms with Crippen molar-refractivity contribution < 1.29 is 4.79 Å². The molecule has 0 saturated heterocycles. The zero-order valence-corrected chi connectivity index (χ0v) is 13.8. The summed E-state index contributed by atoms with van der Waals surface area (Å²) in [7, 11) is 0. The van der Waals surface area contributed by atoms with E-state index >= 15 is 0 Å². The molecule has 25 heavy (non-hydrogen) atoms. The maximum absolute atomic E-state index is 12.3. The number of fused-ring (bicyclic) bond motifs is 1. The summed E-state index contributed by atoms with van der Waals surface area (Å²) in [4.78, 5) is 12.3. The van der Waals surface area contributed by atoms with Gasteiger partial charge in [-0.1, -0.05) is 12.1 Å². The molecule has 9 heteroatoms. The van der Waals surface area contributed by atoms with Crippen molar-refractivity contribution in [1.29, 1.82) is 0 Å². The van der Waals surface area contributed by atoms with Gasteiger partial charge in [-0.3, -0.25) is 4.79 Å². The highest BCUT2D eigenvalue weighted by molar-refractivity contribution is 5.78. The molecule has 0 bridgehead atoms. The quantitative estimate of drug-likeness (QED) is 0.731. The van der Waals surface area contributed by atoms with E-state index < -0.39 is 0 Å². The molecule has 1 aromatic carbocycles. The van der Waals surface area contributed by atoms with Gasteiger partial charge in [0.15, 0.2) is 0 Å². The predicted octanol–water partition coefficient (Wildman–Crippen LogP) is 0.236. The van der Waals surface area contributed by atoms with Crippen LogP contribution in [0.3, 0.4) is 0 Å². The molecule has 128 valence electrons. The third kappa shape index (κ3) is 3.25. The van der Waals surface area contributed by atoms with Crippen molar-refractivity contribution in [3.05, 3.63) is 47.8 Å². The number of rotatable bonds is 4. The van der Waals surface area contributed by atoms with Crippen LogP contribution in [0, 0.1) is 6.92 Å². The second-order valence-corrected chi connectivity index (χ2v) is 6.17. The molecule has 1 aliphatic heterocycles. The number of tetrazole rings is 1. The van der Waals surface area contributed by atoms with E-state index in [9.17, 15) is 4.79 Å². The highest BCUT2D eigenvalue weighted by Crippen LogP contribution is 2.15. The molecule has 1 atom stereocenters. The van der Waals surface area contributed by atoms with Crippen LogP contribution in [0.4, 0.5) is 0 Å². The van der Waals surface area contributed by atoms with Gasteiger partial charge >= 0.3 is 0 Å². The topological polar surface area (TPSA) is 103 Å². The van der Waals surface area contributed by atoms with Crippen molar-refractivity contribution in [3.63, 3.8) is 0 Å². The molecule has 2 aromatic heterocycles. The molecule has 3 aromatic rings. The van der Waals surface area contributed by atoms with Gasteiger partial charge in [-0.15, -0.1) is 15.3 Å². The van der Waals surface area contributed by atoms with E-state index in [-0.39, 0.29) is 11.9 Å². The van der Waals surface area contributed by atoms with E-state index in [1.165, 1.54) is 6.33 Å². The fraction of sp³-hybridized carbons (Fsp3) is 0.375. The lowest BCUT2D eigenvalue weighted by atomic mass is 10.1. The van der Waals surface area contributed by atoms with E-state index in [0.717, 1.165) is 42.3 Å². The Morgan fingerprint density at radius 2 is 2.12 bits per heavy atom. The van der Waals surface area contributed by atoms with Crippen LogP contribution in [0.5, 0.6) is 0 Å². The summed E-state index contributed by atoms with van der Waals surface area (Å²) in [5.74, 6) is 1.92. The second kappa shape index (κ2) is 6.42. The van der Waals surface area contributed by atoms with Crippen molar-refractivity contribution in [2.24, 2.45) is 0 Å². The van der Waals surface area contributed by atoms with Crippen LogP contribution in [0.15, 0.2) is 30.6 Å². The van der Waals surface area contributed by atoms with Crippen molar-refractivity contribution in [3.8, 4) is 5.69 Å². The summed E-state index contributed by atoms with van der Waals surface area (Å²) in [5, 5.41) is 22.4. The minimum Gasteiger partial charge on any atom is -0.351 e. The van der Waals surface area contributed by atoms with Crippen LogP contribution in [-0.2, 0) is 24.2 Å². The normalized spacial score (nSPS) is 16.4. The number of aryl methyl sites for hydroxylation is 2. The lowest BCUT2D eigenvalue weighted by Gasteiger charge is -2.25. The Kier molecular flexibility index (Phi) is 3.96. The van der Waals surface area contributed by atoms with Crippen LogP contribution in [-0.4, -0.2) is 46.9 Å². The van der Waals surface area contributed by atoms with Gasteiger partial charge in [-0.2, -0.15) is 0 Å². The predicted molar refractivity (Wildman–Crippen MR) is 87.9 cm³/mol. The maximum Gasteiger partial charge on any atom is 0.224 e. The standard InChI is InChI=1S/C16H18N8O/c1-11-19-20-15-7-4-13(9-23(11)15)18-16(25)8-12-2-5-14(6-3-12)24-10-17-21-22-24/h2-3,5-6,10,13H,4,7-9H2,1H3,(H,18,25). The molecule has 1 unspecified atom stereocenters. The monoisotopic (exact) mass is 338 g/mol. The van der Waals surface area contributed by atoms with Gasteiger partial charge in [0.05, 0.1) is 12.1 Å². The molecule has 1 amide bonds. The minimum atomic E-state index is 0.0225. The van der Waals surface area contributed by atoms with Crippen molar-refractivity contribution >= 4 is 5.91 Å². The average Bonchev–Trinajstić information content (AvgIpc) is 3.26. The smallest absolute Gasteiger partial charge is 0.224 e. The lowest BCUT2D eigenvalue weighted by Crippen LogP contribution is -2.41. The lowest BCUT2D eigenvalue weighted by molar-refractivity contribution is -0.121. The Morgan fingerprint density at radius 1 is 1.28 bits per heavy atom. The highest BCUT2D eigenvalue weighted by Gasteiger charge is 2.22. The molecule has 0 fully saturated rings.